The number of nitrogens with zero attached hydrogens (tertiary/aromatic N) is 19. The van der Waals surface area contributed by atoms with Gasteiger partial charge in [0.2, 0.25) is 0 Å². The van der Waals surface area contributed by atoms with E-state index >= 15 is 0 Å². The maximum Gasteiger partial charge on any atom is 0.390 e. The first-order valence-corrected chi connectivity index (χ1v) is 40.1. The zero-order valence-electron chi connectivity index (χ0n) is 66.5. The zero-order chi connectivity index (χ0) is 80.6. The first kappa shape index (κ1) is 84.4. The number of ether oxygens (including phenoxy) is 4. The van der Waals surface area contributed by atoms with Crippen molar-refractivity contribution in [3.05, 3.63) is 179 Å². The summed E-state index contributed by atoms with van der Waals surface area (Å²) in [7, 11) is 12.1. The van der Waals surface area contributed by atoms with E-state index in [1.807, 2.05) is 55.5 Å². The summed E-state index contributed by atoms with van der Waals surface area (Å²) in [5.74, 6) is 2.58. The van der Waals surface area contributed by atoms with Crippen molar-refractivity contribution in [2.75, 3.05) is 109 Å². The molecule has 4 N–H and O–H groups in total. The molecule has 0 bridgehead atoms. The fraction of sp³-hybridized carbons (Fsp3) is 0.519. The Hall–Kier alpha value is -8.49. The maximum absolute atomic E-state index is 13.9. The molecule has 1 amide bonds. The van der Waals surface area contributed by atoms with E-state index in [4.69, 9.17) is 34.8 Å². The molecule has 14 heterocycles. The Kier molecular flexibility index (Phi) is 28.0. The number of carbonyl (C=O) groups excluding carboxylic acids is 1. The van der Waals surface area contributed by atoms with E-state index in [1.165, 1.54) is 26.1 Å². The standard InChI is InChI=1S/C35H44N8O3.C16H22BrN5O2.C10H16N4O3.C10H18N4O.C6H5Br2NO/c1-7-26-27(8-9-36-32(26)42-12-11-41-29(34(42)45)15-23-17-35(3,4)18-30(23)41)24-14-28(33(44)39(5)19-24)37-31-16-25-20-40(22(2)21-46-6)10-13-43(25)38-31;1-11(10-24-3)21-4-5-22-13(9-21)7-15(19-22)18-14-6-12(17)8-20(2)16(14)23;1-8(7-17-2)12-3-4-13-9(6-12)5-10(11-13)14(15)16;1-8(7-15-2)13-3-4-14-9(6-13)5-10(11)12-14;1-9-3-4(7)2-5(8)6(9)10/h8-9,14-16,19,22H,7,10-13,17-18,20-21H2,1-6H3,(H,37,38);6-8,11H,4-5,9-10H2,1-3H3,(H,18,19);5,8H,3-4,6-7H2,1-2H3;5,8H,3-4,6-7H2,1-2H3,(H2,11,12);2-3H,1H3. The molecule has 0 aromatic carbocycles. The molecule has 0 saturated carbocycles. The topological polar surface area (TPSA) is 319 Å². The molecule has 32 nitrogen and oxygen atoms in total. The largest absolute Gasteiger partial charge is 0.390 e. The lowest BCUT2D eigenvalue weighted by Gasteiger charge is -2.32. The van der Waals surface area contributed by atoms with Crippen molar-refractivity contribution < 1.29 is 28.7 Å². The van der Waals surface area contributed by atoms with Crippen molar-refractivity contribution >= 4 is 94.2 Å². The van der Waals surface area contributed by atoms with Crippen LogP contribution in [0.2, 0.25) is 0 Å². The first-order valence-electron chi connectivity index (χ1n) is 37.7. The SMILES string of the molecule is CCc1c(-c2cc(Nc3cc4n(n3)CCN(C(C)COC)C4)c(=O)n(C)c2)ccnc1N1CCn2c(cc3c2CC(C)(C)C3)C1=O.COCC(C)N1CCn2nc(N)cc2C1.COCC(C)N1CCn2nc(Nc3cc(Br)cn(C)c3=O)cc2C1.COCC(C)N1CCn2nc([N+](=O)[O-])cc2C1.Cn1cc(Br)cc(Br)c1=O. The fourth-order valence-corrected chi connectivity index (χ4v) is 17.2. The van der Waals surface area contributed by atoms with E-state index < -0.39 is 4.92 Å². The maximum atomic E-state index is 13.9. The summed E-state index contributed by atoms with van der Waals surface area (Å²) in [5, 5.41) is 34.6. The number of amides is 1. The molecule has 15 rings (SSSR count). The number of halogens is 3. The predicted octanol–water partition coefficient (Wildman–Crippen LogP) is 9.19. The lowest BCUT2D eigenvalue weighted by Crippen LogP contribution is -2.41. The van der Waals surface area contributed by atoms with Crippen LogP contribution in [0, 0.1) is 15.5 Å². The van der Waals surface area contributed by atoms with Crippen LogP contribution in [0.1, 0.15) is 98.6 Å². The van der Waals surface area contributed by atoms with Crippen molar-refractivity contribution in [3.63, 3.8) is 0 Å². The normalized spacial score (nSPS) is 16.9. The third-order valence-corrected chi connectivity index (χ3v) is 22.6. The summed E-state index contributed by atoms with van der Waals surface area (Å²) >= 11 is 9.80. The number of carbonyl (C=O) groups is 1. The van der Waals surface area contributed by atoms with Crippen LogP contribution in [0.4, 0.5) is 40.5 Å². The Morgan fingerprint density at radius 2 is 1.02 bits per heavy atom. The number of aryl methyl sites for hydroxylation is 3. The second kappa shape index (κ2) is 37.2. The summed E-state index contributed by atoms with van der Waals surface area (Å²) < 4.78 is 37.8. The third-order valence-electron chi connectivity index (χ3n) is 21.2. The van der Waals surface area contributed by atoms with Gasteiger partial charge in [-0.15, -0.1) is 0 Å². The van der Waals surface area contributed by atoms with Gasteiger partial charge in [-0.05, 0) is 147 Å². The number of rotatable bonds is 20. The van der Waals surface area contributed by atoms with Crippen LogP contribution in [0.3, 0.4) is 0 Å². The van der Waals surface area contributed by atoms with Gasteiger partial charge >= 0.3 is 5.82 Å². The number of nitro groups is 1. The van der Waals surface area contributed by atoms with Gasteiger partial charge in [0.05, 0.1) is 91.0 Å². The number of fused-ring (bicyclic) bond motifs is 7. The minimum Gasteiger partial charge on any atom is -0.383 e. The summed E-state index contributed by atoms with van der Waals surface area (Å²) in [5.41, 5.74) is 17.1. The lowest BCUT2D eigenvalue weighted by molar-refractivity contribution is -0.389. The van der Waals surface area contributed by atoms with E-state index in [9.17, 15) is 29.3 Å². The van der Waals surface area contributed by atoms with Crippen LogP contribution in [0.15, 0.2) is 107 Å². The van der Waals surface area contributed by atoms with Crippen molar-refractivity contribution in [1.82, 2.24) is 82.0 Å². The molecule has 604 valence electrons. The third kappa shape index (κ3) is 20.0. The fourth-order valence-electron chi connectivity index (χ4n) is 15.3. The van der Waals surface area contributed by atoms with Crippen LogP contribution in [0.25, 0.3) is 11.1 Å². The Morgan fingerprint density at radius 3 is 1.51 bits per heavy atom. The highest BCUT2D eigenvalue weighted by Gasteiger charge is 2.38. The smallest absolute Gasteiger partial charge is 0.383 e. The molecule has 112 heavy (non-hydrogen) atoms. The first-order chi connectivity index (χ1) is 53.5. The highest BCUT2D eigenvalue weighted by atomic mass is 79.9. The van der Waals surface area contributed by atoms with Gasteiger partial charge in [-0.3, -0.25) is 57.7 Å². The minimum atomic E-state index is -0.450. The number of nitrogen functional groups attached to an aromatic ring is 1. The average Bonchev–Trinajstić information content (AvgIpc) is 1.54. The number of aromatic nitrogens is 13. The number of anilines is 6. The van der Waals surface area contributed by atoms with Crippen molar-refractivity contribution in [2.24, 2.45) is 26.6 Å². The minimum absolute atomic E-state index is 0.000415. The van der Waals surface area contributed by atoms with E-state index in [-0.39, 0.29) is 33.8 Å². The summed E-state index contributed by atoms with van der Waals surface area (Å²) in [6.45, 7) is 29.6. The molecule has 9 aromatic heterocycles. The van der Waals surface area contributed by atoms with Gasteiger partial charge in [-0.1, -0.05) is 20.8 Å². The molecule has 0 radical (unpaired) electrons. The van der Waals surface area contributed by atoms with Gasteiger partial charge in [-0.2, -0.15) is 20.0 Å². The quantitative estimate of drug-likeness (QED) is 0.0473. The van der Waals surface area contributed by atoms with Crippen molar-refractivity contribution in [1.29, 1.82) is 0 Å². The highest BCUT2D eigenvalue weighted by molar-refractivity contribution is 9.11. The molecule has 5 aliphatic heterocycles. The van der Waals surface area contributed by atoms with Gasteiger partial charge in [0.25, 0.3) is 22.6 Å². The summed E-state index contributed by atoms with van der Waals surface area (Å²) in [4.78, 5) is 76.6. The predicted molar refractivity (Wildman–Crippen MR) is 442 cm³/mol. The van der Waals surface area contributed by atoms with Crippen LogP contribution < -0.4 is 37.9 Å². The molecule has 1 aliphatic carbocycles. The van der Waals surface area contributed by atoms with Gasteiger partial charge in [0, 0.05) is 208 Å². The van der Waals surface area contributed by atoms with E-state index in [0.29, 0.717) is 109 Å². The molecule has 4 unspecified atom stereocenters. The zero-order valence-corrected chi connectivity index (χ0v) is 71.2. The van der Waals surface area contributed by atoms with E-state index in [0.717, 1.165) is 140 Å². The monoisotopic (exact) mass is 1730 g/mol. The number of nitrogens with one attached hydrogen (secondary N) is 2. The molecule has 4 atom stereocenters. The molecule has 0 saturated heterocycles. The highest BCUT2D eigenvalue weighted by Crippen LogP contribution is 2.41. The van der Waals surface area contributed by atoms with Gasteiger partial charge < -0.3 is 63.7 Å². The summed E-state index contributed by atoms with van der Waals surface area (Å²) in [6, 6.07) is 18.4. The van der Waals surface area contributed by atoms with Crippen LogP contribution in [-0.2, 0) is 118 Å². The van der Waals surface area contributed by atoms with Gasteiger partial charge in [0.15, 0.2) is 11.6 Å². The number of nitrogens with two attached hydrogens (primary N) is 1. The number of pyridine rings is 4. The number of hydrogen-bond acceptors (Lipinski definition) is 22. The Balaban J connectivity index is 0.000000156. The summed E-state index contributed by atoms with van der Waals surface area (Å²) in [6.07, 6.45) is 9.76. The molecule has 35 heteroatoms. The molecular weight excluding hydrogens is 1630 g/mol. The molecule has 0 fully saturated rings. The van der Waals surface area contributed by atoms with Crippen molar-refractivity contribution in [3.8, 4) is 11.1 Å². The molecule has 0 spiro atoms. The Labute approximate surface area is 677 Å². The second-order valence-corrected chi connectivity index (χ2v) is 32.9. The number of methoxy groups -OCH3 is 4. The molecule has 9 aromatic rings. The van der Waals surface area contributed by atoms with Gasteiger partial charge in [-0.25, -0.2) is 4.98 Å². The van der Waals surface area contributed by atoms with E-state index in [2.05, 4.69) is 152 Å². The van der Waals surface area contributed by atoms with E-state index in [1.54, 1.807) is 95.6 Å². The van der Waals surface area contributed by atoms with Crippen LogP contribution in [0.5, 0.6) is 0 Å². The molecule has 6 aliphatic rings. The lowest BCUT2D eigenvalue weighted by atomic mass is 9.90. The van der Waals surface area contributed by atoms with Crippen molar-refractivity contribution in [2.45, 2.75) is 151 Å². The molecular formula is C77H105Br3N22O10. The average molecular weight is 1740 g/mol. The van der Waals surface area contributed by atoms with Crippen LogP contribution >= 0.6 is 47.8 Å². The van der Waals surface area contributed by atoms with Crippen LogP contribution in [-0.4, -0.2) is 205 Å². The second-order valence-electron chi connectivity index (χ2n) is 30.2. The number of hydrogen-bond donors (Lipinski definition) is 3. The Morgan fingerprint density at radius 1 is 0.562 bits per heavy atom. The van der Waals surface area contributed by atoms with Gasteiger partial charge in [0.1, 0.15) is 28.7 Å². The Bertz CT molecular complexity index is 4970.